The fourth-order valence-corrected chi connectivity index (χ4v) is 5.11. The Morgan fingerprint density at radius 3 is 1.70 bits per heavy atom. The van der Waals surface area contributed by atoms with E-state index in [2.05, 4.69) is 0 Å². The summed E-state index contributed by atoms with van der Waals surface area (Å²) < 4.78 is 56.6. The van der Waals surface area contributed by atoms with E-state index in [1.165, 1.54) is 35.5 Å². The average Bonchev–Trinajstić information content (AvgIpc) is 2.87. The lowest BCUT2D eigenvalue weighted by atomic mass is 9.96. The topological polar surface area (TPSA) is 173 Å². The van der Waals surface area contributed by atoms with Gasteiger partial charge in [-0.3, -0.25) is 0 Å². The van der Waals surface area contributed by atoms with Gasteiger partial charge in [0, 0.05) is 35.5 Å². The van der Waals surface area contributed by atoms with Crippen molar-refractivity contribution in [3.05, 3.63) is 0 Å². The Labute approximate surface area is 216 Å². The maximum atomic E-state index is 10.8. The molecular formula is C23H42O14. The maximum Gasteiger partial charge on any atom is 0.187 e. The van der Waals surface area contributed by atoms with Crippen molar-refractivity contribution in [3.63, 3.8) is 0 Å². The molecule has 0 aromatic heterocycles. The molecule has 4 N–H and O–H groups in total. The first-order chi connectivity index (χ1) is 17.6. The summed E-state index contributed by atoms with van der Waals surface area (Å²) in [5.41, 5.74) is 0. The second kappa shape index (κ2) is 13.7. The van der Waals surface area contributed by atoms with Crippen LogP contribution >= 0.6 is 0 Å². The van der Waals surface area contributed by atoms with Crippen LogP contribution in [-0.4, -0.2) is 155 Å². The minimum absolute atomic E-state index is 0.0472. The molecular weight excluding hydrogens is 500 g/mol. The van der Waals surface area contributed by atoms with Crippen molar-refractivity contribution in [2.75, 3.05) is 42.2 Å². The number of hydrogen-bond acceptors (Lipinski definition) is 14. The van der Waals surface area contributed by atoms with Crippen molar-refractivity contribution in [2.45, 2.75) is 106 Å². The van der Waals surface area contributed by atoms with Crippen molar-refractivity contribution in [1.82, 2.24) is 0 Å². The summed E-state index contributed by atoms with van der Waals surface area (Å²) in [7, 11) is 7.11. The minimum Gasteiger partial charge on any atom is -0.388 e. The highest BCUT2D eigenvalue weighted by Crippen LogP contribution is 2.34. The van der Waals surface area contributed by atoms with Gasteiger partial charge in [-0.1, -0.05) is 0 Å². The predicted molar refractivity (Wildman–Crippen MR) is 122 cm³/mol. The highest BCUT2D eigenvalue weighted by Gasteiger charge is 2.53. The van der Waals surface area contributed by atoms with Gasteiger partial charge in [0.05, 0.1) is 18.8 Å². The Kier molecular flexibility index (Phi) is 11.4. The maximum absolute atomic E-state index is 10.8. The third-order valence-electron chi connectivity index (χ3n) is 7.15. The normalized spacial score (nSPS) is 49.2. The molecule has 15 atom stereocenters. The smallest absolute Gasteiger partial charge is 0.187 e. The summed E-state index contributed by atoms with van der Waals surface area (Å²) in [6.45, 7) is 3.37. The second-order valence-electron chi connectivity index (χ2n) is 9.41. The zero-order valence-electron chi connectivity index (χ0n) is 22.2. The van der Waals surface area contributed by atoms with E-state index in [0.717, 1.165) is 0 Å². The van der Waals surface area contributed by atoms with E-state index < -0.39 is 92.1 Å². The Hall–Kier alpha value is -0.560. The van der Waals surface area contributed by atoms with Crippen molar-refractivity contribution < 1.29 is 67.8 Å². The lowest BCUT2D eigenvalue weighted by molar-refractivity contribution is -0.381. The lowest BCUT2D eigenvalue weighted by Gasteiger charge is -2.49. The summed E-state index contributed by atoms with van der Waals surface area (Å²) in [6.07, 6.45) is -14.8. The van der Waals surface area contributed by atoms with Crippen LogP contribution in [0.25, 0.3) is 0 Å². The van der Waals surface area contributed by atoms with Gasteiger partial charge in [-0.2, -0.15) is 0 Å². The number of rotatable bonds is 10. The average molecular weight is 543 g/mol. The van der Waals surface area contributed by atoms with E-state index in [1.54, 1.807) is 13.8 Å². The van der Waals surface area contributed by atoms with Crippen LogP contribution in [0.2, 0.25) is 0 Å². The molecule has 37 heavy (non-hydrogen) atoms. The van der Waals surface area contributed by atoms with E-state index in [-0.39, 0.29) is 6.61 Å². The largest absolute Gasteiger partial charge is 0.388 e. The van der Waals surface area contributed by atoms with Gasteiger partial charge >= 0.3 is 0 Å². The lowest BCUT2D eigenvalue weighted by Crippen LogP contribution is -2.66. The summed E-state index contributed by atoms with van der Waals surface area (Å²) in [5.74, 6) is 0. The van der Waals surface area contributed by atoms with Crippen LogP contribution in [0, 0.1) is 0 Å². The van der Waals surface area contributed by atoms with E-state index in [0.29, 0.717) is 0 Å². The molecule has 0 aromatic carbocycles. The summed E-state index contributed by atoms with van der Waals surface area (Å²) in [5, 5.41) is 42.2. The van der Waals surface area contributed by atoms with E-state index in [4.69, 9.17) is 47.4 Å². The fraction of sp³-hybridized carbons (Fsp3) is 1.00. The Morgan fingerprint density at radius 2 is 1.14 bits per heavy atom. The Bertz CT molecular complexity index is 686. The van der Waals surface area contributed by atoms with Crippen LogP contribution < -0.4 is 0 Å². The van der Waals surface area contributed by atoms with Gasteiger partial charge in [0.1, 0.15) is 61.0 Å². The first-order valence-corrected chi connectivity index (χ1v) is 12.2. The quantitative estimate of drug-likeness (QED) is 0.233. The molecule has 0 aromatic rings. The molecule has 0 aliphatic carbocycles. The molecule has 0 bridgehead atoms. The van der Waals surface area contributed by atoms with Crippen LogP contribution in [0.15, 0.2) is 0 Å². The standard InChI is InChI=1S/C23H42O14/c1-9-12(24)17(30-5)19(21(27)33-9)37-23-20(32-7)18(31-6)15(10(2)34-23)36-22-14(26)16(29-4)13(25)11(35-22)8-28-3/h9-27H,8H2,1-7H3/t9-,10-,11+,12-,13+,14+,15-,16-,17+,18?,19+,20+,21+,22-,23-/m0/s1. The van der Waals surface area contributed by atoms with Gasteiger partial charge in [-0.25, -0.2) is 0 Å². The molecule has 0 radical (unpaired) electrons. The van der Waals surface area contributed by atoms with Gasteiger partial charge in [0.2, 0.25) is 0 Å². The number of ether oxygens (including phenoxy) is 10. The van der Waals surface area contributed by atoms with Crippen LogP contribution in [0.3, 0.4) is 0 Å². The van der Waals surface area contributed by atoms with Crippen molar-refractivity contribution in [3.8, 4) is 0 Å². The first kappa shape index (κ1) is 31.0. The molecule has 3 heterocycles. The van der Waals surface area contributed by atoms with Gasteiger partial charge in [-0.05, 0) is 13.8 Å². The van der Waals surface area contributed by atoms with Crippen molar-refractivity contribution in [2.24, 2.45) is 0 Å². The zero-order chi connectivity index (χ0) is 27.4. The van der Waals surface area contributed by atoms with Gasteiger partial charge in [-0.15, -0.1) is 0 Å². The summed E-state index contributed by atoms with van der Waals surface area (Å²) >= 11 is 0. The third-order valence-corrected chi connectivity index (χ3v) is 7.15. The second-order valence-corrected chi connectivity index (χ2v) is 9.41. The molecule has 14 nitrogen and oxygen atoms in total. The molecule has 1 unspecified atom stereocenters. The minimum atomic E-state index is -1.39. The molecule has 3 saturated heterocycles. The molecule has 0 saturated carbocycles. The van der Waals surface area contributed by atoms with Crippen LogP contribution in [-0.2, 0) is 47.4 Å². The summed E-state index contributed by atoms with van der Waals surface area (Å²) in [6, 6.07) is 0. The Balaban J connectivity index is 1.77. The monoisotopic (exact) mass is 542 g/mol. The predicted octanol–water partition coefficient (Wildman–Crippen LogP) is -2.25. The highest BCUT2D eigenvalue weighted by atomic mass is 16.8. The van der Waals surface area contributed by atoms with Gasteiger partial charge in [0.25, 0.3) is 0 Å². The van der Waals surface area contributed by atoms with Crippen LogP contribution in [0.1, 0.15) is 13.8 Å². The molecule has 14 heteroatoms. The number of methoxy groups -OCH3 is 5. The van der Waals surface area contributed by atoms with Crippen molar-refractivity contribution in [1.29, 1.82) is 0 Å². The molecule has 3 rings (SSSR count). The molecule has 3 fully saturated rings. The summed E-state index contributed by atoms with van der Waals surface area (Å²) in [4.78, 5) is 0. The van der Waals surface area contributed by atoms with E-state index >= 15 is 0 Å². The van der Waals surface area contributed by atoms with E-state index in [9.17, 15) is 20.4 Å². The molecule has 3 aliphatic heterocycles. The highest BCUT2D eigenvalue weighted by molar-refractivity contribution is 4.96. The third kappa shape index (κ3) is 6.44. The van der Waals surface area contributed by atoms with Crippen LogP contribution in [0.5, 0.6) is 0 Å². The van der Waals surface area contributed by atoms with Gasteiger partial charge in [0.15, 0.2) is 18.9 Å². The SMILES string of the molecule is COC[C@H]1O[C@@H](O[C@@H]2C(OC)[C@@H](OC)[C@H](O[C@@H]3[C@H](OC)[C@@H](O)[C@H](C)O[C@H]3O)O[C@H]2C)[C@H](O)[C@@H](OC)[C@@H]1O. The molecule has 3 aliphatic rings. The van der Waals surface area contributed by atoms with E-state index in [1.807, 2.05) is 0 Å². The van der Waals surface area contributed by atoms with Crippen molar-refractivity contribution >= 4 is 0 Å². The number of aliphatic hydroxyl groups excluding tert-OH is 4. The molecule has 218 valence electrons. The number of aliphatic hydroxyl groups is 4. The number of hydrogen-bond donors (Lipinski definition) is 4. The zero-order valence-corrected chi connectivity index (χ0v) is 22.2. The fourth-order valence-electron chi connectivity index (χ4n) is 5.11. The molecule has 0 spiro atoms. The Morgan fingerprint density at radius 1 is 0.541 bits per heavy atom. The van der Waals surface area contributed by atoms with Gasteiger partial charge < -0.3 is 67.8 Å². The van der Waals surface area contributed by atoms with Crippen LogP contribution in [0.4, 0.5) is 0 Å². The molecule has 0 amide bonds. The first-order valence-electron chi connectivity index (χ1n) is 12.2.